The van der Waals surface area contributed by atoms with Gasteiger partial charge >= 0.3 is 11.9 Å². The SMILES string of the molecule is CCCCCCCCC(CCCCCC)OC(=O)CCN(CCC(=O)OC(CCCCCC)CCCCCCCC)Cc1cnn(CCCN2CCCC2)c1. The van der Waals surface area contributed by atoms with E-state index in [2.05, 4.69) is 53.5 Å². The van der Waals surface area contributed by atoms with Crippen molar-refractivity contribution in [2.75, 3.05) is 32.7 Å². The fourth-order valence-corrected chi connectivity index (χ4v) is 8.02. The maximum atomic E-state index is 13.4. The minimum absolute atomic E-state index is 0.0126. The zero-order valence-corrected chi connectivity index (χ0v) is 36.7. The number of aryl methyl sites for hydroxylation is 1. The number of esters is 2. The summed E-state index contributed by atoms with van der Waals surface area (Å²) in [5, 5.41) is 4.68. The summed E-state index contributed by atoms with van der Waals surface area (Å²) in [6, 6.07) is 0. The van der Waals surface area contributed by atoms with Crippen LogP contribution < -0.4 is 0 Å². The molecule has 2 rings (SSSR count). The normalized spacial score (nSPS) is 14.5. The Labute approximate surface area is 339 Å². The van der Waals surface area contributed by atoms with Gasteiger partial charge in [0.25, 0.3) is 0 Å². The summed E-state index contributed by atoms with van der Waals surface area (Å²) >= 11 is 0. The summed E-state index contributed by atoms with van der Waals surface area (Å²) in [7, 11) is 0. The molecule has 55 heavy (non-hydrogen) atoms. The molecular weight excluding hydrogens is 685 g/mol. The molecule has 0 spiro atoms. The van der Waals surface area contributed by atoms with Gasteiger partial charge < -0.3 is 14.4 Å². The summed E-state index contributed by atoms with van der Waals surface area (Å²) in [5.74, 6) is -0.217. The van der Waals surface area contributed by atoms with Gasteiger partial charge in [0.15, 0.2) is 0 Å². The maximum Gasteiger partial charge on any atom is 0.307 e. The standard InChI is InChI=1S/C47H88N4O4/c1-5-9-13-17-19-23-30-44(28-21-15-11-7-3)54-46(52)32-38-50(41-43-40-48-51(42-43)37-27-36-49-34-25-26-35-49)39-33-47(53)55-45(29-22-16-12-8-4)31-24-20-18-14-10-6-2/h40,42,44-45H,5-39,41H2,1-4H3. The van der Waals surface area contributed by atoms with Crippen LogP contribution in [0.5, 0.6) is 0 Å². The summed E-state index contributed by atoms with van der Waals surface area (Å²) in [6.07, 6.45) is 36.9. The average Bonchev–Trinajstić information content (AvgIpc) is 3.88. The molecule has 0 bridgehead atoms. The van der Waals surface area contributed by atoms with Crippen molar-refractivity contribution >= 4 is 11.9 Å². The van der Waals surface area contributed by atoms with Gasteiger partial charge in [-0.05, 0) is 90.3 Å². The Hall–Kier alpha value is -1.93. The average molecular weight is 773 g/mol. The molecule has 0 saturated carbocycles. The van der Waals surface area contributed by atoms with E-state index in [4.69, 9.17) is 9.47 Å². The minimum Gasteiger partial charge on any atom is -0.462 e. The predicted molar refractivity (Wildman–Crippen MR) is 230 cm³/mol. The molecule has 1 aliphatic rings. The molecule has 1 aromatic rings. The highest BCUT2D eigenvalue weighted by Gasteiger charge is 2.20. The highest BCUT2D eigenvalue weighted by molar-refractivity contribution is 5.70. The van der Waals surface area contributed by atoms with E-state index in [0.29, 0.717) is 32.5 Å². The molecular formula is C47H88N4O4. The smallest absolute Gasteiger partial charge is 0.307 e. The first-order chi connectivity index (χ1) is 27.0. The van der Waals surface area contributed by atoms with Crippen molar-refractivity contribution in [2.45, 2.75) is 239 Å². The quantitative estimate of drug-likeness (QED) is 0.0489. The number of likely N-dealkylation sites (tertiary alicyclic amines) is 1. The van der Waals surface area contributed by atoms with Gasteiger partial charge in [-0.25, -0.2) is 0 Å². The molecule has 8 heteroatoms. The third-order valence-corrected chi connectivity index (χ3v) is 11.5. The van der Waals surface area contributed by atoms with E-state index in [0.717, 1.165) is 76.4 Å². The monoisotopic (exact) mass is 773 g/mol. The lowest BCUT2D eigenvalue weighted by molar-refractivity contribution is -0.150. The van der Waals surface area contributed by atoms with Crippen LogP contribution in [0.4, 0.5) is 0 Å². The lowest BCUT2D eigenvalue weighted by Gasteiger charge is -2.23. The fourth-order valence-electron chi connectivity index (χ4n) is 8.02. The molecule has 0 aliphatic carbocycles. The lowest BCUT2D eigenvalue weighted by atomic mass is 10.0. The van der Waals surface area contributed by atoms with E-state index in [1.807, 2.05) is 6.20 Å². The van der Waals surface area contributed by atoms with Gasteiger partial charge in [0.2, 0.25) is 0 Å². The number of aromatic nitrogens is 2. The van der Waals surface area contributed by atoms with Gasteiger partial charge in [0.05, 0.1) is 19.0 Å². The molecule has 0 N–H and O–H groups in total. The first kappa shape index (κ1) is 49.2. The number of rotatable bonds is 38. The molecule has 1 aromatic heterocycles. The van der Waals surface area contributed by atoms with Gasteiger partial charge in [0, 0.05) is 37.9 Å². The Morgan fingerprint density at radius 1 is 0.600 bits per heavy atom. The maximum absolute atomic E-state index is 13.4. The van der Waals surface area contributed by atoms with Crippen molar-refractivity contribution in [3.05, 3.63) is 18.0 Å². The largest absolute Gasteiger partial charge is 0.462 e. The molecule has 8 nitrogen and oxygen atoms in total. The molecule has 320 valence electrons. The van der Waals surface area contributed by atoms with E-state index in [9.17, 15) is 9.59 Å². The first-order valence-electron chi connectivity index (χ1n) is 23.8. The molecule has 2 heterocycles. The third-order valence-electron chi connectivity index (χ3n) is 11.5. The number of nitrogens with zero attached hydrogens (tertiary/aromatic N) is 4. The Morgan fingerprint density at radius 2 is 1.02 bits per heavy atom. The molecule has 0 radical (unpaired) electrons. The van der Waals surface area contributed by atoms with E-state index in [1.54, 1.807) is 0 Å². The highest BCUT2D eigenvalue weighted by Crippen LogP contribution is 2.19. The minimum atomic E-state index is -0.109. The number of unbranched alkanes of at least 4 members (excludes halogenated alkanes) is 16. The molecule has 1 fully saturated rings. The van der Waals surface area contributed by atoms with Crippen molar-refractivity contribution in [3.63, 3.8) is 0 Å². The Morgan fingerprint density at radius 3 is 1.47 bits per heavy atom. The van der Waals surface area contributed by atoms with E-state index in [-0.39, 0.29) is 24.1 Å². The van der Waals surface area contributed by atoms with Crippen molar-refractivity contribution < 1.29 is 19.1 Å². The van der Waals surface area contributed by atoms with E-state index in [1.165, 1.54) is 129 Å². The van der Waals surface area contributed by atoms with E-state index < -0.39 is 0 Å². The third kappa shape index (κ3) is 26.6. The van der Waals surface area contributed by atoms with Crippen molar-refractivity contribution in [1.82, 2.24) is 19.6 Å². The second-order valence-electron chi connectivity index (χ2n) is 16.8. The fraction of sp³-hybridized carbons (Fsp3) is 0.894. The van der Waals surface area contributed by atoms with Crippen LogP contribution in [-0.4, -0.2) is 76.5 Å². The summed E-state index contributed by atoms with van der Waals surface area (Å²) in [5.41, 5.74) is 1.12. The van der Waals surface area contributed by atoms with Gasteiger partial charge in [0.1, 0.15) is 12.2 Å². The summed E-state index contributed by atoms with van der Waals surface area (Å²) in [6.45, 7) is 15.2. The molecule has 0 aromatic carbocycles. The molecule has 2 atom stereocenters. The van der Waals surface area contributed by atoms with Crippen molar-refractivity contribution in [2.24, 2.45) is 0 Å². The van der Waals surface area contributed by atoms with Gasteiger partial charge in [-0.1, -0.05) is 130 Å². The second-order valence-corrected chi connectivity index (χ2v) is 16.8. The van der Waals surface area contributed by atoms with Crippen LogP contribution in [0.1, 0.15) is 219 Å². The second kappa shape index (κ2) is 34.1. The Kier molecular flexibility index (Phi) is 30.6. The zero-order valence-electron chi connectivity index (χ0n) is 36.7. The van der Waals surface area contributed by atoms with Gasteiger partial charge in [-0.2, -0.15) is 5.10 Å². The van der Waals surface area contributed by atoms with Crippen LogP contribution in [-0.2, 0) is 32.2 Å². The zero-order chi connectivity index (χ0) is 39.6. The topological polar surface area (TPSA) is 76.9 Å². The first-order valence-corrected chi connectivity index (χ1v) is 23.8. The van der Waals surface area contributed by atoms with Crippen LogP contribution in [0.15, 0.2) is 12.4 Å². The molecule has 2 unspecified atom stereocenters. The van der Waals surface area contributed by atoms with E-state index >= 15 is 0 Å². The van der Waals surface area contributed by atoms with Gasteiger partial charge in [-0.3, -0.25) is 19.2 Å². The summed E-state index contributed by atoms with van der Waals surface area (Å²) in [4.78, 5) is 31.5. The Bertz CT molecular complexity index is 992. The van der Waals surface area contributed by atoms with Crippen molar-refractivity contribution in [3.8, 4) is 0 Å². The summed E-state index contributed by atoms with van der Waals surface area (Å²) < 4.78 is 14.4. The lowest BCUT2D eigenvalue weighted by Crippen LogP contribution is -2.31. The number of carbonyl (C=O) groups is 2. The predicted octanol–water partition coefficient (Wildman–Crippen LogP) is 12.2. The highest BCUT2D eigenvalue weighted by atomic mass is 16.5. The molecule has 1 aliphatic heterocycles. The molecule has 0 amide bonds. The van der Waals surface area contributed by atoms with Crippen LogP contribution in [0.25, 0.3) is 0 Å². The number of hydrogen-bond acceptors (Lipinski definition) is 7. The van der Waals surface area contributed by atoms with Crippen LogP contribution >= 0.6 is 0 Å². The van der Waals surface area contributed by atoms with Crippen LogP contribution in [0.3, 0.4) is 0 Å². The van der Waals surface area contributed by atoms with Crippen LogP contribution in [0, 0.1) is 0 Å². The van der Waals surface area contributed by atoms with Crippen molar-refractivity contribution in [1.29, 1.82) is 0 Å². The number of carbonyl (C=O) groups excluding carboxylic acids is 2. The Balaban J connectivity index is 1.98. The van der Waals surface area contributed by atoms with Crippen LogP contribution in [0.2, 0.25) is 0 Å². The molecule has 1 saturated heterocycles. The van der Waals surface area contributed by atoms with Gasteiger partial charge in [-0.15, -0.1) is 0 Å². The number of ether oxygens (including phenoxy) is 2. The number of hydrogen-bond donors (Lipinski definition) is 0.